The molecule has 1 aliphatic carbocycles. The van der Waals surface area contributed by atoms with Crippen molar-refractivity contribution in [1.82, 2.24) is 26.3 Å². The van der Waals surface area contributed by atoms with Crippen LogP contribution in [-0.4, -0.2) is 84.2 Å². The topological polar surface area (TPSA) is 201 Å². The van der Waals surface area contributed by atoms with Crippen LogP contribution in [0.3, 0.4) is 0 Å². The Morgan fingerprint density at radius 1 is 0.943 bits per heavy atom. The molecule has 4 aromatic rings. The molecule has 5 N–H and O–H groups in total. The van der Waals surface area contributed by atoms with E-state index in [-0.39, 0.29) is 36.0 Å². The lowest BCUT2D eigenvalue weighted by molar-refractivity contribution is -0.164. The summed E-state index contributed by atoms with van der Waals surface area (Å²) in [5.74, 6) is -1.08. The standard InChI is InChI=1S/C52H63F3N6O8S/c1-30-43(70-29-58-30)36-21-17-32(25-39(36)62)41(60-46(66)38-13-12-22-57-38)42(64)44(49(2,3)4)59-40(63)28-67-23-10-9-11-24-68-34-18-14-31(15-19-34)45(65)61-47-50(5,6)48(51(47,7)8)69-35-20-16-33(27-56)37(26-35)52(53,54)55/h14-21,25-26,29,38,41,44,47-48,57,62H,9-13,22-24,28H2,1-8H3,(H,59,63)(H,60,66)(H,61,65)/t38?,41?,44-,47?,48?/m1/s1. The number of hydrogen-bond donors (Lipinski definition) is 5. The number of aryl methyl sites for hydroxylation is 1. The Balaban J connectivity index is 0.937. The predicted octanol–water partition coefficient (Wildman–Crippen LogP) is 8.60. The van der Waals surface area contributed by atoms with Crippen molar-refractivity contribution in [3.63, 3.8) is 0 Å². The summed E-state index contributed by atoms with van der Waals surface area (Å²) >= 11 is 1.38. The molecule has 6 rings (SSSR count). The number of nitrogens with zero attached hydrogens (tertiary/aromatic N) is 2. The number of benzene rings is 3. The van der Waals surface area contributed by atoms with Crippen LogP contribution in [0.5, 0.6) is 17.2 Å². The van der Waals surface area contributed by atoms with Crippen LogP contribution < -0.4 is 30.7 Å². The number of carbonyl (C=O) groups excluding carboxylic acids is 4. The van der Waals surface area contributed by atoms with Gasteiger partial charge in [-0.3, -0.25) is 19.2 Å². The second-order valence-electron chi connectivity index (χ2n) is 20.3. The molecular weight excluding hydrogens is 926 g/mol. The van der Waals surface area contributed by atoms with Crippen molar-refractivity contribution in [2.24, 2.45) is 16.2 Å². The maximum atomic E-state index is 14.4. The number of aromatic nitrogens is 1. The molecule has 1 aromatic heterocycles. The quantitative estimate of drug-likeness (QED) is 0.0531. The molecule has 2 unspecified atom stereocenters. The van der Waals surface area contributed by atoms with Crippen molar-refractivity contribution in [2.45, 2.75) is 124 Å². The fourth-order valence-corrected chi connectivity index (χ4v) is 10.5. The van der Waals surface area contributed by atoms with E-state index in [4.69, 9.17) is 19.5 Å². The summed E-state index contributed by atoms with van der Waals surface area (Å²) in [6, 6.07) is 13.4. The van der Waals surface area contributed by atoms with Gasteiger partial charge in [-0.1, -0.05) is 54.5 Å². The van der Waals surface area contributed by atoms with E-state index >= 15 is 0 Å². The van der Waals surface area contributed by atoms with Crippen LogP contribution in [-0.2, 0) is 25.3 Å². The summed E-state index contributed by atoms with van der Waals surface area (Å²) in [6.45, 7) is 15.9. The van der Waals surface area contributed by atoms with Crippen molar-refractivity contribution in [3.05, 3.63) is 94.1 Å². The van der Waals surface area contributed by atoms with Gasteiger partial charge >= 0.3 is 6.18 Å². The summed E-state index contributed by atoms with van der Waals surface area (Å²) in [4.78, 5) is 59.5. The smallest absolute Gasteiger partial charge is 0.417 e. The van der Waals surface area contributed by atoms with Crippen molar-refractivity contribution in [3.8, 4) is 33.8 Å². The number of hydrogen-bond acceptors (Lipinski definition) is 12. The van der Waals surface area contributed by atoms with Gasteiger partial charge in [0, 0.05) is 34.6 Å². The summed E-state index contributed by atoms with van der Waals surface area (Å²) in [5, 5.41) is 32.3. The van der Waals surface area contributed by atoms with Crippen LogP contribution >= 0.6 is 11.3 Å². The van der Waals surface area contributed by atoms with E-state index in [0.29, 0.717) is 61.5 Å². The molecule has 0 spiro atoms. The number of Topliss-reactive ketones (excluding diaryl/α,β-unsaturated/α-hetero) is 1. The Morgan fingerprint density at radius 2 is 1.63 bits per heavy atom. The highest BCUT2D eigenvalue weighted by atomic mass is 32.1. The Morgan fingerprint density at radius 3 is 2.23 bits per heavy atom. The number of phenolic OH excluding ortho intramolecular Hbond substituents is 1. The average molecular weight is 989 g/mol. The molecule has 2 fully saturated rings. The van der Waals surface area contributed by atoms with E-state index in [0.717, 1.165) is 35.5 Å². The number of aromatic hydroxyl groups is 1. The first-order valence-corrected chi connectivity index (χ1v) is 24.3. The molecule has 3 atom stereocenters. The zero-order chi connectivity index (χ0) is 51.2. The van der Waals surface area contributed by atoms with Crippen molar-refractivity contribution < 1.29 is 51.7 Å². The second-order valence-corrected chi connectivity index (χ2v) is 21.1. The molecule has 1 saturated heterocycles. The number of unbranched alkanes of at least 4 members (excludes halogenated alkanes) is 2. The van der Waals surface area contributed by atoms with E-state index in [2.05, 4.69) is 26.3 Å². The molecule has 1 saturated carbocycles. The average Bonchev–Trinajstić information content (AvgIpc) is 4.01. The van der Waals surface area contributed by atoms with E-state index in [1.165, 1.54) is 23.5 Å². The SMILES string of the molecule is Cc1ncsc1-c1ccc(C(NC(=O)C2CCCN2)C(=O)[C@@H](NC(=O)COCCCCCOc2ccc(C(=O)NC3C(C)(C)C(Oc4ccc(C#N)c(C(F)(F)F)c4)C3(C)C)cc2)C(C)(C)C)cc1O. The Hall–Kier alpha value is -6.03. The van der Waals surface area contributed by atoms with Gasteiger partial charge in [0.25, 0.3) is 5.91 Å². The van der Waals surface area contributed by atoms with Gasteiger partial charge in [-0.05, 0) is 111 Å². The number of rotatable bonds is 20. The van der Waals surface area contributed by atoms with Gasteiger partial charge in [-0.25, -0.2) is 4.98 Å². The van der Waals surface area contributed by atoms with Crippen molar-refractivity contribution in [1.29, 1.82) is 5.26 Å². The number of ether oxygens (including phenoxy) is 3. The number of amides is 3. The van der Waals surface area contributed by atoms with Gasteiger partial charge in [-0.15, -0.1) is 11.3 Å². The van der Waals surface area contributed by atoms with Crippen LogP contribution in [0.25, 0.3) is 10.4 Å². The molecule has 18 heteroatoms. The minimum atomic E-state index is -4.72. The van der Waals surface area contributed by atoms with Crippen LogP contribution in [0.1, 0.15) is 119 Å². The van der Waals surface area contributed by atoms with E-state index in [1.54, 1.807) is 48.0 Å². The molecule has 3 aromatic carbocycles. The van der Waals surface area contributed by atoms with Crippen molar-refractivity contribution >= 4 is 34.8 Å². The molecule has 1 aliphatic heterocycles. The summed E-state index contributed by atoms with van der Waals surface area (Å²) in [5.41, 5.74) is 0.181. The fourth-order valence-electron chi connectivity index (χ4n) is 9.65. The largest absolute Gasteiger partial charge is 0.507 e. The third kappa shape index (κ3) is 12.5. The zero-order valence-corrected chi connectivity index (χ0v) is 41.7. The minimum absolute atomic E-state index is 0.0102. The van der Waals surface area contributed by atoms with E-state index in [1.807, 2.05) is 55.4 Å². The number of thiazole rings is 1. The normalized spacial score (nSPS) is 19.2. The molecule has 3 amide bonds. The molecule has 0 bridgehead atoms. The third-order valence-corrected chi connectivity index (χ3v) is 14.0. The Bertz CT molecular complexity index is 2550. The van der Waals surface area contributed by atoms with Gasteiger partial charge in [0.05, 0.1) is 52.0 Å². The van der Waals surface area contributed by atoms with E-state index < -0.39 is 69.5 Å². The maximum Gasteiger partial charge on any atom is 0.417 e. The lowest BCUT2D eigenvalue weighted by atomic mass is 9.49. The van der Waals surface area contributed by atoms with E-state index in [9.17, 15) is 37.5 Å². The summed E-state index contributed by atoms with van der Waals surface area (Å²) < 4.78 is 58.5. The van der Waals surface area contributed by atoms with Crippen LogP contribution in [0.4, 0.5) is 13.2 Å². The fraction of sp³-hybridized carbons (Fsp3) is 0.500. The first kappa shape index (κ1) is 53.3. The van der Waals surface area contributed by atoms with Crippen LogP contribution in [0, 0.1) is 34.5 Å². The summed E-state index contributed by atoms with van der Waals surface area (Å²) in [7, 11) is 0. The molecule has 70 heavy (non-hydrogen) atoms. The Kier molecular flexibility index (Phi) is 16.7. The molecule has 2 aliphatic rings. The molecule has 2 heterocycles. The number of halogens is 3. The van der Waals surface area contributed by atoms with Gasteiger partial charge in [0.1, 0.15) is 36.0 Å². The second kappa shape index (κ2) is 21.9. The van der Waals surface area contributed by atoms with Gasteiger partial charge in [0.15, 0.2) is 5.78 Å². The number of alkyl halides is 3. The number of nitriles is 1. The van der Waals surface area contributed by atoms with Gasteiger partial charge < -0.3 is 40.6 Å². The molecule has 0 radical (unpaired) electrons. The lowest BCUT2D eigenvalue weighted by Gasteiger charge is -2.63. The highest BCUT2D eigenvalue weighted by Gasteiger charge is 2.64. The minimum Gasteiger partial charge on any atom is -0.507 e. The molecule has 14 nitrogen and oxygen atoms in total. The number of nitrogens with one attached hydrogen (secondary N) is 4. The predicted molar refractivity (Wildman–Crippen MR) is 258 cm³/mol. The Labute approximate surface area is 411 Å². The first-order chi connectivity index (χ1) is 32.9. The summed E-state index contributed by atoms with van der Waals surface area (Å²) in [6.07, 6.45) is -1.74. The number of carbonyl (C=O) groups is 4. The first-order valence-electron chi connectivity index (χ1n) is 23.4. The third-order valence-electron chi connectivity index (χ3n) is 13.1. The molecule has 376 valence electrons. The number of ketones is 1. The monoisotopic (exact) mass is 988 g/mol. The maximum absolute atomic E-state index is 14.4. The lowest BCUT2D eigenvalue weighted by Crippen LogP contribution is -2.74. The highest BCUT2D eigenvalue weighted by Crippen LogP contribution is 2.56. The van der Waals surface area contributed by atoms with Crippen LogP contribution in [0.15, 0.2) is 66.2 Å². The van der Waals surface area contributed by atoms with Crippen LogP contribution in [0.2, 0.25) is 0 Å². The zero-order valence-electron chi connectivity index (χ0n) is 40.8. The molecular formula is C52H63F3N6O8S. The van der Waals surface area contributed by atoms with Gasteiger partial charge in [-0.2, -0.15) is 18.4 Å². The van der Waals surface area contributed by atoms with Crippen molar-refractivity contribution in [2.75, 3.05) is 26.4 Å². The number of phenols is 1. The van der Waals surface area contributed by atoms with Gasteiger partial charge in [0.2, 0.25) is 11.8 Å². The highest BCUT2D eigenvalue weighted by molar-refractivity contribution is 7.13.